The third-order valence-corrected chi connectivity index (χ3v) is 6.77. The lowest BCUT2D eigenvalue weighted by molar-refractivity contribution is -0.190. The van der Waals surface area contributed by atoms with Crippen molar-refractivity contribution in [3.05, 3.63) is 35.8 Å². The Labute approximate surface area is 162 Å². The van der Waals surface area contributed by atoms with Gasteiger partial charge in [-0.1, -0.05) is 5.57 Å². The van der Waals surface area contributed by atoms with Crippen LogP contribution in [-0.2, 0) is 28.7 Å². The number of Topliss-reactive ketones (excluding diaryl/α,β-unsaturated/α-hetero) is 1. The van der Waals surface area contributed by atoms with Crippen molar-refractivity contribution in [3.63, 3.8) is 0 Å². The molecule has 0 amide bonds. The highest BCUT2D eigenvalue weighted by molar-refractivity contribution is 6.17. The number of fused-ring (bicyclic) bond motifs is 1. The minimum atomic E-state index is -1.71. The highest BCUT2D eigenvalue weighted by Gasteiger charge is 2.72. The molecule has 0 unspecified atom stereocenters. The smallest absolute Gasteiger partial charge is 0.322 e. The molecule has 1 saturated carbocycles. The molecule has 2 heterocycles. The maximum Gasteiger partial charge on any atom is 0.322 e. The van der Waals surface area contributed by atoms with Gasteiger partial charge >= 0.3 is 11.9 Å². The number of methoxy groups -OCH3 is 1. The van der Waals surface area contributed by atoms with Crippen LogP contribution in [0.2, 0.25) is 0 Å². The van der Waals surface area contributed by atoms with E-state index in [1.807, 2.05) is 0 Å². The number of carbonyl (C=O) groups excluding carboxylic acids is 4. The summed E-state index contributed by atoms with van der Waals surface area (Å²) in [7, 11) is 1.25. The molecule has 1 aromatic heterocycles. The second-order valence-electron chi connectivity index (χ2n) is 8.17. The van der Waals surface area contributed by atoms with Gasteiger partial charge < -0.3 is 13.9 Å². The number of cyclic esters (lactones) is 1. The Morgan fingerprint density at radius 1 is 1.29 bits per heavy atom. The van der Waals surface area contributed by atoms with Crippen LogP contribution in [0.3, 0.4) is 0 Å². The van der Waals surface area contributed by atoms with Crippen molar-refractivity contribution in [2.75, 3.05) is 7.11 Å². The normalized spacial score (nSPS) is 37.5. The predicted octanol–water partition coefficient (Wildman–Crippen LogP) is 2.56. The monoisotopic (exact) mass is 386 g/mol. The number of ketones is 2. The number of rotatable bonds is 3. The van der Waals surface area contributed by atoms with Gasteiger partial charge in [-0.15, -0.1) is 0 Å². The molecule has 2 aliphatic carbocycles. The van der Waals surface area contributed by atoms with E-state index in [9.17, 15) is 19.2 Å². The van der Waals surface area contributed by atoms with Crippen molar-refractivity contribution in [2.45, 2.75) is 39.2 Å². The molecular weight excluding hydrogens is 364 g/mol. The zero-order chi connectivity index (χ0) is 20.3. The van der Waals surface area contributed by atoms with Crippen LogP contribution in [0.15, 0.2) is 34.7 Å². The molecule has 148 valence electrons. The van der Waals surface area contributed by atoms with Gasteiger partial charge in [0.15, 0.2) is 5.78 Å². The van der Waals surface area contributed by atoms with Gasteiger partial charge in [0, 0.05) is 17.9 Å². The summed E-state index contributed by atoms with van der Waals surface area (Å²) in [6.45, 7) is 3.39. The van der Waals surface area contributed by atoms with E-state index in [2.05, 4.69) is 0 Å². The summed E-state index contributed by atoms with van der Waals surface area (Å²) in [6, 6.07) is 1.71. The Kier molecular flexibility index (Phi) is 4.10. The molecule has 28 heavy (non-hydrogen) atoms. The van der Waals surface area contributed by atoms with Crippen LogP contribution >= 0.6 is 0 Å². The second-order valence-corrected chi connectivity index (χ2v) is 8.17. The molecule has 4 rings (SSSR count). The third kappa shape index (κ3) is 2.22. The summed E-state index contributed by atoms with van der Waals surface area (Å²) in [5.74, 6) is -3.68. The molecular formula is C21H22O7. The first-order valence-corrected chi connectivity index (χ1v) is 9.33. The summed E-state index contributed by atoms with van der Waals surface area (Å²) < 4.78 is 15.7. The molecule has 1 saturated heterocycles. The molecule has 0 aromatic carbocycles. The Morgan fingerprint density at radius 3 is 2.68 bits per heavy atom. The molecule has 1 aliphatic heterocycles. The van der Waals surface area contributed by atoms with Crippen LogP contribution in [0, 0.1) is 22.7 Å². The molecule has 0 spiro atoms. The fourth-order valence-corrected chi connectivity index (χ4v) is 5.42. The van der Waals surface area contributed by atoms with Crippen LogP contribution < -0.4 is 0 Å². The van der Waals surface area contributed by atoms with Crippen LogP contribution in [-0.4, -0.2) is 30.6 Å². The van der Waals surface area contributed by atoms with E-state index in [0.29, 0.717) is 12.0 Å². The minimum Gasteiger partial charge on any atom is -0.472 e. The Bertz CT molecular complexity index is 896. The molecule has 3 aliphatic rings. The number of hydrogen-bond acceptors (Lipinski definition) is 7. The Morgan fingerprint density at radius 2 is 2.04 bits per heavy atom. The van der Waals surface area contributed by atoms with Crippen molar-refractivity contribution >= 4 is 23.5 Å². The van der Waals surface area contributed by atoms with Gasteiger partial charge in [-0.05, 0) is 38.8 Å². The first kappa shape index (κ1) is 18.7. The maximum atomic E-state index is 13.4. The lowest BCUT2D eigenvalue weighted by Crippen LogP contribution is -2.58. The zero-order valence-corrected chi connectivity index (χ0v) is 16.0. The predicted molar refractivity (Wildman–Crippen MR) is 94.7 cm³/mol. The van der Waals surface area contributed by atoms with Gasteiger partial charge in [-0.25, -0.2) is 0 Å². The molecule has 2 fully saturated rings. The summed E-state index contributed by atoms with van der Waals surface area (Å²) in [5.41, 5.74) is -1.54. The second kappa shape index (κ2) is 6.15. The molecule has 0 N–H and O–H groups in total. The number of esters is 2. The third-order valence-electron chi connectivity index (χ3n) is 6.77. The molecule has 7 nitrogen and oxygen atoms in total. The van der Waals surface area contributed by atoms with Gasteiger partial charge in [0.1, 0.15) is 17.3 Å². The van der Waals surface area contributed by atoms with Crippen LogP contribution in [0.25, 0.3) is 0 Å². The van der Waals surface area contributed by atoms with E-state index in [1.165, 1.54) is 25.7 Å². The Hall–Kier alpha value is -2.70. The number of furan rings is 1. The standard InChI is InChI=1S/C21H22O7/c1-11-8-16(23)21(17-14(22)4-6-20(17,2)18(24)26-3)13(11)9-15(28-19(21)25)12-5-7-27-10-12/h5,7-8,10,13,15,17H,4,6,9H2,1-3H3/t13-,15+,17-,20+,21-/m0/s1. The van der Waals surface area contributed by atoms with E-state index in [-0.39, 0.29) is 18.6 Å². The summed E-state index contributed by atoms with van der Waals surface area (Å²) in [6.07, 6.45) is 4.55. The van der Waals surface area contributed by atoms with E-state index in [4.69, 9.17) is 13.9 Å². The average Bonchev–Trinajstić information content (AvgIpc) is 3.35. The van der Waals surface area contributed by atoms with Crippen molar-refractivity contribution in [1.82, 2.24) is 0 Å². The van der Waals surface area contributed by atoms with Gasteiger partial charge in [-0.2, -0.15) is 0 Å². The van der Waals surface area contributed by atoms with Crippen molar-refractivity contribution in [3.8, 4) is 0 Å². The minimum absolute atomic E-state index is 0.121. The molecule has 0 radical (unpaired) electrons. The molecule has 5 atom stereocenters. The van der Waals surface area contributed by atoms with Gasteiger partial charge in [0.25, 0.3) is 0 Å². The van der Waals surface area contributed by atoms with Gasteiger partial charge in [0.05, 0.1) is 31.0 Å². The first-order valence-electron chi connectivity index (χ1n) is 9.33. The quantitative estimate of drug-likeness (QED) is 0.581. The van der Waals surface area contributed by atoms with Crippen LogP contribution in [0.5, 0.6) is 0 Å². The molecule has 1 aromatic rings. The lowest BCUT2D eigenvalue weighted by atomic mass is 9.56. The summed E-state index contributed by atoms with van der Waals surface area (Å²) in [5, 5.41) is 0. The fraction of sp³-hybridized carbons (Fsp3) is 0.524. The highest BCUT2D eigenvalue weighted by atomic mass is 16.5. The topological polar surface area (TPSA) is 99.9 Å². The number of allylic oxidation sites excluding steroid dienone is 2. The molecule has 0 bridgehead atoms. The lowest BCUT2D eigenvalue weighted by Gasteiger charge is -2.46. The van der Waals surface area contributed by atoms with Crippen molar-refractivity contribution < 1.29 is 33.1 Å². The largest absolute Gasteiger partial charge is 0.472 e. The first-order chi connectivity index (χ1) is 13.3. The summed E-state index contributed by atoms with van der Waals surface area (Å²) in [4.78, 5) is 52.1. The van der Waals surface area contributed by atoms with Gasteiger partial charge in [-0.3, -0.25) is 19.2 Å². The number of carbonyl (C=O) groups is 4. The van der Waals surface area contributed by atoms with Crippen LogP contribution in [0.1, 0.15) is 44.8 Å². The summed E-state index contributed by atoms with van der Waals surface area (Å²) >= 11 is 0. The van der Waals surface area contributed by atoms with Crippen molar-refractivity contribution in [2.24, 2.45) is 22.7 Å². The van der Waals surface area contributed by atoms with Crippen LogP contribution in [0.4, 0.5) is 0 Å². The SMILES string of the molecule is COC(=O)[C@]1(C)CCC(=O)[C@@H]1[C@@]12C(=O)C=C(C)[C@@H]1C[C@H](c1ccoc1)OC2=O. The van der Waals surface area contributed by atoms with Crippen molar-refractivity contribution in [1.29, 1.82) is 0 Å². The highest BCUT2D eigenvalue weighted by Crippen LogP contribution is 2.61. The zero-order valence-electron chi connectivity index (χ0n) is 16.0. The fourth-order valence-electron chi connectivity index (χ4n) is 5.42. The van der Waals surface area contributed by atoms with E-state index < -0.39 is 46.5 Å². The van der Waals surface area contributed by atoms with E-state index in [0.717, 1.165) is 5.57 Å². The van der Waals surface area contributed by atoms with Gasteiger partial charge in [0.2, 0.25) is 0 Å². The van der Waals surface area contributed by atoms with E-state index >= 15 is 0 Å². The van der Waals surface area contributed by atoms with E-state index in [1.54, 1.807) is 19.9 Å². The Balaban J connectivity index is 1.84. The number of hydrogen-bond donors (Lipinski definition) is 0. The number of ether oxygens (including phenoxy) is 2. The average molecular weight is 386 g/mol. The molecule has 7 heteroatoms. The maximum absolute atomic E-state index is 13.4.